The van der Waals surface area contributed by atoms with Gasteiger partial charge in [0.15, 0.2) is 0 Å². The highest BCUT2D eigenvalue weighted by Gasteiger charge is 2.43. The molecule has 4 rings (SSSR count). The standard InChI is InChI=1S/C18H21ClN4O/c1-11-15(8-21-23(11)14-4-2-3-13(19)7-14)18(24)22-9-12-5-6-17(20)16(12)10-22/h2-4,7-8,12,16-17H,5-6,9-10,20H2,1H3. The molecule has 0 bridgehead atoms. The highest BCUT2D eigenvalue weighted by atomic mass is 35.5. The molecule has 2 aromatic rings. The maximum Gasteiger partial charge on any atom is 0.257 e. The molecule has 24 heavy (non-hydrogen) atoms. The molecule has 2 fully saturated rings. The summed E-state index contributed by atoms with van der Waals surface area (Å²) in [5, 5.41) is 5.04. The van der Waals surface area contributed by atoms with E-state index in [1.807, 2.05) is 36.1 Å². The molecule has 0 radical (unpaired) electrons. The van der Waals surface area contributed by atoms with Gasteiger partial charge in [0.1, 0.15) is 0 Å². The molecule has 1 aromatic carbocycles. The molecule has 1 aromatic heterocycles. The number of aromatic nitrogens is 2. The third-order valence-electron chi connectivity index (χ3n) is 5.49. The van der Waals surface area contributed by atoms with E-state index in [1.54, 1.807) is 10.9 Å². The number of likely N-dealkylation sites (tertiary alicyclic amines) is 1. The topological polar surface area (TPSA) is 64.2 Å². The highest BCUT2D eigenvalue weighted by Crippen LogP contribution is 2.37. The number of nitrogens with two attached hydrogens (primary N) is 1. The van der Waals surface area contributed by atoms with Crippen LogP contribution in [0.1, 0.15) is 28.9 Å². The van der Waals surface area contributed by atoms with E-state index in [-0.39, 0.29) is 11.9 Å². The number of benzene rings is 1. The minimum absolute atomic E-state index is 0.0578. The van der Waals surface area contributed by atoms with Gasteiger partial charge in [0, 0.05) is 24.2 Å². The Morgan fingerprint density at radius 1 is 1.33 bits per heavy atom. The second-order valence-corrected chi connectivity index (χ2v) is 7.35. The smallest absolute Gasteiger partial charge is 0.257 e. The number of rotatable bonds is 2. The quantitative estimate of drug-likeness (QED) is 0.910. The molecule has 5 nitrogen and oxygen atoms in total. The summed E-state index contributed by atoms with van der Waals surface area (Å²) in [6.07, 6.45) is 3.88. The van der Waals surface area contributed by atoms with E-state index >= 15 is 0 Å². The predicted octanol–water partition coefficient (Wildman–Crippen LogP) is 2.64. The lowest BCUT2D eigenvalue weighted by Gasteiger charge is -2.18. The molecule has 2 N–H and O–H groups in total. The average Bonchev–Trinajstić information content (AvgIpc) is 3.23. The number of carbonyl (C=O) groups excluding carboxylic acids is 1. The Morgan fingerprint density at radius 3 is 2.92 bits per heavy atom. The lowest BCUT2D eigenvalue weighted by molar-refractivity contribution is 0.0779. The Morgan fingerprint density at radius 2 is 2.17 bits per heavy atom. The van der Waals surface area contributed by atoms with E-state index in [4.69, 9.17) is 17.3 Å². The van der Waals surface area contributed by atoms with Crippen LogP contribution in [0.25, 0.3) is 5.69 Å². The average molecular weight is 345 g/mol. The second-order valence-electron chi connectivity index (χ2n) is 6.91. The summed E-state index contributed by atoms with van der Waals surface area (Å²) in [4.78, 5) is 14.9. The summed E-state index contributed by atoms with van der Waals surface area (Å²) in [5.41, 5.74) is 8.53. The first-order chi connectivity index (χ1) is 11.5. The van der Waals surface area contributed by atoms with Gasteiger partial charge in [0.05, 0.1) is 23.1 Å². The van der Waals surface area contributed by atoms with Crippen molar-refractivity contribution in [2.45, 2.75) is 25.8 Å². The largest absolute Gasteiger partial charge is 0.338 e. The van der Waals surface area contributed by atoms with Crippen molar-refractivity contribution in [1.82, 2.24) is 14.7 Å². The number of hydrogen-bond acceptors (Lipinski definition) is 3. The summed E-state index contributed by atoms with van der Waals surface area (Å²) in [5.74, 6) is 1.08. The fourth-order valence-electron chi connectivity index (χ4n) is 4.13. The number of halogens is 1. The third kappa shape index (κ3) is 2.52. The number of hydrogen-bond donors (Lipinski definition) is 1. The van der Waals surface area contributed by atoms with Crippen LogP contribution in [0.3, 0.4) is 0 Å². The molecule has 126 valence electrons. The van der Waals surface area contributed by atoms with E-state index in [1.165, 1.54) is 0 Å². The first-order valence-electron chi connectivity index (χ1n) is 8.40. The van der Waals surface area contributed by atoms with Crippen LogP contribution in [-0.4, -0.2) is 39.7 Å². The van der Waals surface area contributed by atoms with Crippen molar-refractivity contribution in [2.24, 2.45) is 17.6 Å². The first-order valence-corrected chi connectivity index (χ1v) is 8.78. The van der Waals surface area contributed by atoms with Crippen molar-refractivity contribution in [2.75, 3.05) is 13.1 Å². The number of carbonyl (C=O) groups is 1. The van der Waals surface area contributed by atoms with Crippen LogP contribution in [0.5, 0.6) is 0 Å². The van der Waals surface area contributed by atoms with Crippen molar-refractivity contribution < 1.29 is 4.79 Å². The Bertz CT molecular complexity index is 787. The zero-order valence-corrected chi connectivity index (χ0v) is 14.4. The van der Waals surface area contributed by atoms with Crippen LogP contribution >= 0.6 is 11.6 Å². The van der Waals surface area contributed by atoms with Crippen LogP contribution in [0.2, 0.25) is 5.02 Å². The van der Waals surface area contributed by atoms with Crippen molar-refractivity contribution in [3.63, 3.8) is 0 Å². The fraction of sp³-hybridized carbons (Fsp3) is 0.444. The monoisotopic (exact) mass is 344 g/mol. The summed E-state index contributed by atoms with van der Waals surface area (Å²) < 4.78 is 1.77. The lowest BCUT2D eigenvalue weighted by Crippen LogP contribution is -2.33. The molecule has 3 unspecified atom stereocenters. The second kappa shape index (κ2) is 5.90. The molecule has 1 aliphatic carbocycles. The fourth-order valence-corrected chi connectivity index (χ4v) is 4.32. The lowest BCUT2D eigenvalue weighted by atomic mass is 9.98. The van der Waals surface area contributed by atoms with Gasteiger partial charge in [-0.1, -0.05) is 17.7 Å². The summed E-state index contributed by atoms with van der Waals surface area (Å²) in [6, 6.07) is 7.71. The zero-order chi connectivity index (χ0) is 16.8. The van der Waals surface area contributed by atoms with Crippen LogP contribution in [0, 0.1) is 18.8 Å². The highest BCUT2D eigenvalue weighted by molar-refractivity contribution is 6.30. The Balaban J connectivity index is 1.58. The van der Waals surface area contributed by atoms with Crippen LogP contribution in [0.4, 0.5) is 0 Å². The molecule has 0 spiro atoms. The molecule has 1 saturated carbocycles. The van der Waals surface area contributed by atoms with Crippen molar-refractivity contribution >= 4 is 17.5 Å². The Hall–Kier alpha value is -1.85. The van der Waals surface area contributed by atoms with Crippen molar-refractivity contribution in [3.8, 4) is 5.69 Å². The predicted molar refractivity (Wildman–Crippen MR) is 93.4 cm³/mol. The van der Waals surface area contributed by atoms with Crippen LogP contribution in [0.15, 0.2) is 30.5 Å². The maximum atomic E-state index is 12.9. The minimum atomic E-state index is 0.0578. The van der Waals surface area contributed by atoms with Crippen molar-refractivity contribution in [3.05, 3.63) is 46.7 Å². The van der Waals surface area contributed by atoms with Gasteiger partial charge in [0.25, 0.3) is 5.91 Å². The third-order valence-corrected chi connectivity index (χ3v) is 5.73. The van der Waals surface area contributed by atoms with Crippen molar-refractivity contribution in [1.29, 1.82) is 0 Å². The van der Waals surface area contributed by atoms with Crippen LogP contribution < -0.4 is 5.73 Å². The molecular weight excluding hydrogens is 324 g/mol. The summed E-state index contributed by atoms with van der Waals surface area (Å²) in [6.45, 7) is 3.51. The van der Waals surface area contributed by atoms with Gasteiger partial charge in [-0.25, -0.2) is 4.68 Å². The van der Waals surface area contributed by atoms with Gasteiger partial charge in [-0.3, -0.25) is 4.79 Å². The van der Waals surface area contributed by atoms with Crippen LogP contribution in [-0.2, 0) is 0 Å². The molecular formula is C18H21ClN4O. The molecule has 6 heteroatoms. The van der Waals surface area contributed by atoms with Gasteiger partial charge in [-0.2, -0.15) is 5.10 Å². The van der Waals surface area contributed by atoms with E-state index < -0.39 is 0 Å². The van der Waals surface area contributed by atoms with E-state index in [0.29, 0.717) is 22.4 Å². The normalized spacial score (nSPS) is 26.0. The zero-order valence-electron chi connectivity index (χ0n) is 13.7. The molecule has 1 amide bonds. The Labute approximate surface area is 146 Å². The number of fused-ring (bicyclic) bond motifs is 1. The molecule has 1 aliphatic heterocycles. The van der Waals surface area contributed by atoms with Gasteiger partial charge in [-0.05, 0) is 49.8 Å². The number of amides is 1. The van der Waals surface area contributed by atoms with E-state index in [9.17, 15) is 4.79 Å². The minimum Gasteiger partial charge on any atom is -0.338 e. The molecule has 1 saturated heterocycles. The maximum absolute atomic E-state index is 12.9. The number of nitrogens with zero attached hydrogens (tertiary/aromatic N) is 3. The Kier molecular flexibility index (Phi) is 3.85. The van der Waals surface area contributed by atoms with E-state index in [0.717, 1.165) is 37.3 Å². The molecule has 2 aliphatic rings. The van der Waals surface area contributed by atoms with E-state index in [2.05, 4.69) is 5.10 Å². The SMILES string of the molecule is Cc1c(C(=O)N2CC3CCC(N)C3C2)cnn1-c1cccc(Cl)c1. The molecule has 3 atom stereocenters. The summed E-state index contributed by atoms with van der Waals surface area (Å²) in [7, 11) is 0. The van der Waals surface area contributed by atoms with Gasteiger partial charge in [0.2, 0.25) is 0 Å². The van der Waals surface area contributed by atoms with Gasteiger partial charge >= 0.3 is 0 Å². The molecule has 2 heterocycles. The first kappa shape index (κ1) is 15.7. The van der Waals surface area contributed by atoms with Gasteiger partial charge in [-0.15, -0.1) is 0 Å². The van der Waals surface area contributed by atoms with Gasteiger partial charge < -0.3 is 10.6 Å². The summed E-state index contributed by atoms with van der Waals surface area (Å²) >= 11 is 6.06.